The number of hydrogen-bond donors (Lipinski definition) is 0. The summed E-state index contributed by atoms with van der Waals surface area (Å²) in [6.45, 7) is 0. The summed E-state index contributed by atoms with van der Waals surface area (Å²) in [5.41, 5.74) is 0. The van der Waals surface area contributed by atoms with Crippen LogP contribution in [-0.4, -0.2) is 79.2 Å². The van der Waals surface area contributed by atoms with Gasteiger partial charge in [-0.3, -0.25) is 0 Å². The van der Waals surface area contributed by atoms with E-state index in [2.05, 4.69) is 0 Å². The Labute approximate surface area is 96.1 Å². The van der Waals surface area contributed by atoms with Crippen molar-refractivity contribution in [3.8, 4) is 0 Å². The van der Waals surface area contributed by atoms with Crippen molar-refractivity contribution in [2.45, 2.75) is 0 Å². The van der Waals surface area contributed by atoms with Crippen LogP contribution >= 0.6 is 0 Å². The number of hydrogen-bond acceptors (Lipinski definition) is 0. The van der Waals surface area contributed by atoms with Crippen LogP contribution in [0.2, 0.25) is 0 Å². The molecule has 29 valence electrons. The van der Waals surface area contributed by atoms with E-state index in [4.69, 9.17) is 0 Å². The first-order chi connectivity index (χ1) is 0. The Kier molecular flexibility index (Phi) is 231. The van der Waals surface area contributed by atoms with E-state index in [0.29, 0.717) is 0 Å². The van der Waals surface area contributed by atoms with E-state index in [-0.39, 0.29) is 97.7 Å². The second-order valence-corrected chi connectivity index (χ2v) is 0. The first-order valence-corrected chi connectivity index (χ1v) is 0. The first kappa shape index (κ1) is 42.2. The zero-order chi connectivity index (χ0) is 0. The van der Waals surface area contributed by atoms with Gasteiger partial charge in [-0.15, -0.1) is 0 Å². The molecule has 0 heterocycles. The fourth-order valence-corrected chi connectivity index (χ4v) is 0. The zero-order valence-electron chi connectivity index (χ0n) is 0.447. The van der Waals surface area contributed by atoms with E-state index >= 15 is 0 Å². The molecule has 0 nitrogen and oxygen atoms in total. The number of rotatable bonds is 0. The molecule has 0 aliphatic rings. The fourth-order valence-electron chi connectivity index (χ4n) is 0. The molecule has 0 bridgehead atoms. The summed E-state index contributed by atoms with van der Waals surface area (Å²) in [6, 6.07) is 0. The van der Waals surface area contributed by atoms with Crippen molar-refractivity contribution in [3.05, 3.63) is 0 Å². The van der Waals surface area contributed by atoms with Crippen LogP contribution in [0.4, 0.5) is 0 Å². The minimum Gasteiger partial charge on any atom is 0 e. The Morgan fingerprint density at radius 2 is 0.400 bits per heavy atom. The van der Waals surface area contributed by atoms with Gasteiger partial charge in [0, 0.05) is 18.6 Å². The van der Waals surface area contributed by atoms with Crippen molar-refractivity contribution in [2.24, 2.45) is 0 Å². The largest absolute Gasteiger partial charge is 0 e. The van der Waals surface area contributed by atoms with Crippen molar-refractivity contribution < 1.29 is 18.6 Å². The third kappa shape index (κ3) is 19.2. The molecule has 0 unspecified atom stereocenters. The van der Waals surface area contributed by atoms with E-state index in [9.17, 15) is 0 Å². The molecule has 0 saturated carbocycles. The normalized spacial score (nSPS) is 0. The molecule has 5 heteroatoms. The Hall–Kier alpha value is 3.13. The molecule has 1 radical (unpaired) electrons. The second kappa shape index (κ2) is 27.3. The van der Waals surface area contributed by atoms with Gasteiger partial charge < -0.3 is 0 Å². The third-order valence-electron chi connectivity index (χ3n) is 0. The van der Waals surface area contributed by atoms with Crippen LogP contribution < -0.4 is 0 Å². The molecule has 0 aromatic heterocycles. The van der Waals surface area contributed by atoms with Crippen molar-refractivity contribution in [1.82, 2.24) is 0 Å². The van der Waals surface area contributed by atoms with Gasteiger partial charge in [0.05, 0.1) is 0 Å². The van der Waals surface area contributed by atoms with E-state index in [1.165, 1.54) is 0 Å². The van der Waals surface area contributed by atoms with Crippen molar-refractivity contribution >= 4 is 79.2 Å². The second-order valence-electron chi connectivity index (χ2n) is 0. The van der Waals surface area contributed by atoms with Crippen LogP contribution in [0.15, 0.2) is 0 Å². The monoisotopic (exact) mass is 339 g/mol. The zero-order valence-corrected chi connectivity index (χ0v) is 1.84. The maximum absolute atomic E-state index is 0. The van der Waals surface area contributed by atoms with E-state index in [1.807, 2.05) is 0 Å². The first-order valence-electron chi connectivity index (χ1n) is 0. The van der Waals surface area contributed by atoms with Crippen LogP contribution in [-0.2, 0) is 18.6 Å². The van der Waals surface area contributed by atoms with Gasteiger partial charge in [0.2, 0.25) is 0 Å². The van der Waals surface area contributed by atoms with Gasteiger partial charge in [-0.2, -0.15) is 0 Å². The third-order valence-corrected chi connectivity index (χ3v) is 0. The Morgan fingerprint density at radius 3 is 0.400 bits per heavy atom. The van der Waals surface area contributed by atoms with Crippen LogP contribution in [0.25, 0.3) is 0 Å². The van der Waals surface area contributed by atoms with Gasteiger partial charge in [-0.1, -0.05) is 0 Å². The quantitative estimate of drug-likeness (QED) is 0.388. The molecule has 0 amide bonds. The summed E-state index contributed by atoms with van der Waals surface area (Å²) in [5, 5.41) is 0. The summed E-state index contributed by atoms with van der Waals surface area (Å²) >= 11 is 0. The minimum absolute atomic E-state index is 0. The molecule has 0 aromatic carbocycles. The average molecular weight is 342 g/mol. The van der Waals surface area contributed by atoms with Crippen LogP contribution in [0.5, 0.6) is 0 Å². The predicted molar refractivity (Wildman–Crippen MR) is 39.8 cm³/mol. The summed E-state index contributed by atoms with van der Waals surface area (Å²) in [7, 11) is 0. The molecular weight excluding hydrogens is 330 g/mol. The van der Waals surface area contributed by atoms with Crippen LogP contribution in [0, 0.1) is 0 Å². The van der Waals surface area contributed by atoms with E-state index in [0.717, 1.165) is 0 Å². The van der Waals surface area contributed by atoms with Gasteiger partial charge in [0.25, 0.3) is 0 Å². The van der Waals surface area contributed by atoms with Crippen molar-refractivity contribution in [1.29, 1.82) is 0 Å². The summed E-state index contributed by atoms with van der Waals surface area (Å²) in [6.07, 6.45) is 0. The smallest absolute Gasteiger partial charge is 0 e. The Morgan fingerprint density at radius 1 is 0.400 bits per heavy atom. The van der Waals surface area contributed by atoms with Crippen LogP contribution in [0.3, 0.4) is 0 Å². The molecule has 0 aliphatic heterocycles. The molecule has 0 aromatic rings. The maximum atomic E-state index is 0. The van der Waals surface area contributed by atoms with Crippen molar-refractivity contribution in [2.75, 3.05) is 0 Å². The van der Waals surface area contributed by atoms with E-state index < -0.39 is 0 Å². The summed E-state index contributed by atoms with van der Waals surface area (Å²) in [5.74, 6) is 0. The predicted octanol–water partition coefficient (Wildman–Crippen LogP) is -4.74. The molecule has 0 N–H and O–H groups in total. The summed E-state index contributed by atoms with van der Waals surface area (Å²) < 4.78 is 0. The molecule has 0 atom stereocenters. The minimum atomic E-state index is 0. The molecule has 0 saturated heterocycles. The molecule has 5 heavy (non-hydrogen) atoms. The summed E-state index contributed by atoms with van der Waals surface area (Å²) in [4.78, 5) is 0. The van der Waals surface area contributed by atoms with Gasteiger partial charge >= 0.3 is 79.2 Å². The molecule has 0 aliphatic carbocycles. The fraction of sp³-hybridized carbons (Fsp3) is 0. The van der Waals surface area contributed by atoms with E-state index in [1.54, 1.807) is 0 Å². The van der Waals surface area contributed by atoms with Gasteiger partial charge in [0.15, 0.2) is 0 Å². The molecular formula is H12Ga4V. The molecule has 0 spiro atoms. The Balaban J connectivity index is 0. The van der Waals surface area contributed by atoms with Crippen LogP contribution in [0.1, 0.15) is 0 Å². The maximum Gasteiger partial charge on any atom is 0 e. The van der Waals surface area contributed by atoms with Gasteiger partial charge in [-0.25, -0.2) is 0 Å². The van der Waals surface area contributed by atoms with Gasteiger partial charge in [-0.05, 0) is 0 Å². The average Bonchev–Trinajstić information content (AvgIpc) is 0. The topological polar surface area (TPSA) is 0 Å². The SMILES string of the molecule is [GaH3].[GaH3].[GaH3].[GaH3].[V]. The molecule has 0 fully saturated rings. The standard InChI is InChI=1S/4Ga.V.12H. The Bertz CT molecular complexity index is 3.61. The van der Waals surface area contributed by atoms with Crippen molar-refractivity contribution in [3.63, 3.8) is 0 Å². The van der Waals surface area contributed by atoms with Gasteiger partial charge in [0.1, 0.15) is 0 Å². The molecule has 0 rings (SSSR count).